The van der Waals surface area contributed by atoms with Gasteiger partial charge in [0.2, 0.25) is 0 Å². The average Bonchev–Trinajstić information content (AvgIpc) is 2.35. The number of hydrazine groups is 1. The van der Waals surface area contributed by atoms with Crippen molar-refractivity contribution in [1.82, 2.24) is 5.43 Å². The molecule has 3 N–H and O–H groups in total. The molecule has 0 amide bonds. The quantitative estimate of drug-likeness (QED) is 0.328. The zero-order valence-electron chi connectivity index (χ0n) is 10.2. The van der Waals surface area contributed by atoms with E-state index in [-0.39, 0.29) is 6.04 Å². The molecule has 0 fully saturated rings. The number of hydrogen-bond donors (Lipinski definition) is 2. The molecule has 0 saturated carbocycles. The summed E-state index contributed by atoms with van der Waals surface area (Å²) < 4.78 is 1.12. The number of benzene rings is 1. The number of hydrogen-bond acceptors (Lipinski definition) is 2. The van der Waals surface area contributed by atoms with Gasteiger partial charge in [-0.15, -0.1) is 6.58 Å². The van der Waals surface area contributed by atoms with Gasteiger partial charge in [0, 0.05) is 10.5 Å². The second kappa shape index (κ2) is 8.45. The standard InChI is InChI=1S/C14H21BrN2/c1-2-3-4-5-6-11-14(17-16)12-9-7-8-10-13(12)15/h2,7-10,14,17H,1,3-6,11,16H2. The molecule has 1 aromatic rings. The Balaban J connectivity index is 2.43. The monoisotopic (exact) mass is 296 g/mol. The Bertz CT molecular complexity index is 339. The Morgan fingerprint density at radius 3 is 2.71 bits per heavy atom. The maximum Gasteiger partial charge on any atom is 0.0471 e. The first-order valence-corrected chi connectivity index (χ1v) is 6.90. The van der Waals surface area contributed by atoms with E-state index >= 15 is 0 Å². The molecule has 0 aliphatic rings. The topological polar surface area (TPSA) is 38.0 Å². The van der Waals surface area contributed by atoms with Gasteiger partial charge in [-0.05, 0) is 30.9 Å². The fraction of sp³-hybridized carbons (Fsp3) is 0.429. The zero-order chi connectivity index (χ0) is 12.5. The molecule has 0 aliphatic heterocycles. The van der Waals surface area contributed by atoms with Crippen molar-refractivity contribution in [3.63, 3.8) is 0 Å². The summed E-state index contributed by atoms with van der Waals surface area (Å²) in [5.74, 6) is 5.63. The summed E-state index contributed by atoms with van der Waals surface area (Å²) in [5.41, 5.74) is 4.13. The fourth-order valence-corrected chi connectivity index (χ4v) is 2.46. The Morgan fingerprint density at radius 2 is 2.06 bits per heavy atom. The summed E-state index contributed by atoms with van der Waals surface area (Å²) in [6, 6.07) is 8.46. The first kappa shape index (κ1) is 14.4. The summed E-state index contributed by atoms with van der Waals surface area (Å²) in [7, 11) is 0. The predicted molar refractivity (Wildman–Crippen MR) is 77.5 cm³/mol. The highest BCUT2D eigenvalue weighted by Crippen LogP contribution is 2.26. The fourth-order valence-electron chi connectivity index (χ4n) is 1.90. The molecule has 94 valence electrons. The zero-order valence-corrected chi connectivity index (χ0v) is 11.7. The van der Waals surface area contributed by atoms with Crippen LogP contribution in [0.3, 0.4) is 0 Å². The smallest absolute Gasteiger partial charge is 0.0471 e. The minimum Gasteiger partial charge on any atom is -0.271 e. The van der Waals surface area contributed by atoms with E-state index in [1.807, 2.05) is 18.2 Å². The molecule has 0 saturated heterocycles. The van der Waals surface area contributed by atoms with Crippen LogP contribution in [0.4, 0.5) is 0 Å². The van der Waals surface area contributed by atoms with Crippen molar-refractivity contribution >= 4 is 15.9 Å². The van der Waals surface area contributed by atoms with Gasteiger partial charge in [0.1, 0.15) is 0 Å². The van der Waals surface area contributed by atoms with Gasteiger partial charge < -0.3 is 0 Å². The minimum atomic E-state index is 0.231. The van der Waals surface area contributed by atoms with Gasteiger partial charge in [0.25, 0.3) is 0 Å². The van der Waals surface area contributed by atoms with E-state index in [1.165, 1.54) is 24.8 Å². The van der Waals surface area contributed by atoms with Gasteiger partial charge in [-0.25, -0.2) is 0 Å². The van der Waals surface area contributed by atoms with E-state index in [0.717, 1.165) is 17.3 Å². The highest BCUT2D eigenvalue weighted by Gasteiger charge is 2.11. The number of nitrogens with two attached hydrogens (primary N) is 1. The van der Waals surface area contributed by atoms with Gasteiger partial charge >= 0.3 is 0 Å². The van der Waals surface area contributed by atoms with Crippen LogP contribution in [-0.4, -0.2) is 0 Å². The van der Waals surface area contributed by atoms with Gasteiger partial charge in [0.15, 0.2) is 0 Å². The molecule has 0 aliphatic carbocycles. The largest absolute Gasteiger partial charge is 0.271 e. The summed E-state index contributed by atoms with van der Waals surface area (Å²) in [5, 5.41) is 0. The molecule has 0 radical (unpaired) electrons. The van der Waals surface area contributed by atoms with Crippen molar-refractivity contribution in [3.8, 4) is 0 Å². The third-order valence-electron chi connectivity index (χ3n) is 2.88. The molecule has 0 bridgehead atoms. The lowest BCUT2D eigenvalue weighted by Crippen LogP contribution is -2.28. The van der Waals surface area contributed by atoms with Gasteiger partial charge in [-0.2, -0.15) is 0 Å². The molecule has 1 atom stereocenters. The van der Waals surface area contributed by atoms with Crippen molar-refractivity contribution in [1.29, 1.82) is 0 Å². The SMILES string of the molecule is C=CCCCCCC(NN)c1ccccc1Br. The minimum absolute atomic E-state index is 0.231. The lowest BCUT2D eigenvalue weighted by Gasteiger charge is -2.17. The second-order valence-corrected chi connectivity index (χ2v) is 5.02. The number of nitrogens with one attached hydrogen (secondary N) is 1. The average molecular weight is 297 g/mol. The Labute approximate surface area is 112 Å². The Kier molecular flexibility index (Phi) is 7.17. The first-order chi connectivity index (χ1) is 8.29. The van der Waals surface area contributed by atoms with E-state index in [1.54, 1.807) is 0 Å². The van der Waals surface area contributed by atoms with Crippen LogP contribution in [0.1, 0.15) is 43.7 Å². The number of unbranched alkanes of at least 4 members (excludes halogenated alkanes) is 3. The summed E-state index contributed by atoms with van der Waals surface area (Å²) in [4.78, 5) is 0. The highest BCUT2D eigenvalue weighted by molar-refractivity contribution is 9.10. The molecule has 1 aromatic carbocycles. The van der Waals surface area contributed by atoms with Crippen molar-refractivity contribution in [2.45, 2.75) is 38.1 Å². The van der Waals surface area contributed by atoms with E-state index in [4.69, 9.17) is 5.84 Å². The van der Waals surface area contributed by atoms with Crippen LogP contribution in [0.25, 0.3) is 0 Å². The second-order valence-electron chi connectivity index (χ2n) is 4.17. The molecule has 17 heavy (non-hydrogen) atoms. The van der Waals surface area contributed by atoms with Crippen LogP contribution in [0, 0.1) is 0 Å². The molecule has 0 aromatic heterocycles. The molecular formula is C14H21BrN2. The predicted octanol–water partition coefficient (Wildman–Crippen LogP) is 4.09. The van der Waals surface area contributed by atoms with Crippen LogP contribution >= 0.6 is 15.9 Å². The van der Waals surface area contributed by atoms with Crippen LogP contribution < -0.4 is 11.3 Å². The highest BCUT2D eigenvalue weighted by atomic mass is 79.9. The maximum atomic E-state index is 5.63. The third kappa shape index (κ3) is 5.02. The number of halogens is 1. The molecule has 0 heterocycles. The van der Waals surface area contributed by atoms with Crippen molar-refractivity contribution in [2.24, 2.45) is 5.84 Å². The van der Waals surface area contributed by atoms with E-state index in [2.05, 4.69) is 40.1 Å². The molecule has 3 heteroatoms. The Morgan fingerprint density at radius 1 is 1.29 bits per heavy atom. The van der Waals surface area contributed by atoms with Crippen LogP contribution in [0.2, 0.25) is 0 Å². The molecule has 1 unspecified atom stereocenters. The summed E-state index contributed by atoms with van der Waals surface area (Å²) in [6.45, 7) is 3.73. The first-order valence-electron chi connectivity index (χ1n) is 6.11. The van der Waals surface area contributed by atoms with Crippen LogP contribution in [0.5, 0.6) is 0 Å². The van der Waals surface area contributed by atoms with E-state index in [9.17, 15) is 0 Å². The number of rotatable bonds is 8. The molecule has 2 nitrogen and oxygen atoms in total. The summed E-state index contributed by atoms with van der Waals surface area (Å²) in [6.07, 6.45) is 7.79. The van der Waals surface area contributed by atoms with E-state index in [0.29, 0.717) is 0 Å². The molecular weight excluding hydrogens is 276 g/mol. The van der Waals surface area contributed by atoms with Gasteiger partial charge in [-0.1, -0.05) is 53.0 Å². The van der Waals surface area contributed by atoms with Crippen molar-refractivity contribution < 1.29 is 0 Å². The molecule has 1 rings (SSSR count). The summed E-state index contributed by atoms with van der Waals surface area (Å²) >= 11 is 3.56. The van der Waals surface area contributed by atoms with Crippen LogP contribution in [-0.2, 0) is 0 Å². The maximum absolute atomic E-state index is 5.63. The lowest BCUT2D eigenvalue weighted by molar-refractivity contribution is 0.482. The lowest BCUT2D eigenvalue weighted by atomic mass is 10.0. The van der Waals surface area contributed by atoms with Crippen LogP contribution in [0.15, 0.2) is 41.4 Å². The molecule has 0 spiro atoms. The van der Waals surface area contributed by atoms with Crippen molar-refractivity contribution in [3.05, 3.63) is 47.0 Å². The van der Waals surface area contributed by atoms with Gasteiger partial charge in [-0.3, -0.25) is 11.3 Å². The Hall–Kier alpha value is -0.640. The third-order valence-corrected chi connectivity index (χ3v) is 3.61. The normalized spacial score (nSPS) is 12.4. The van der Waals surface area contributed by atoms with Crippen molar-refractivity contribution in [2.75, 3.05) is 0 Å². The van der Waals surface area contributed by atoms with E-state index < -0.39 is 0 Å². The number of allylic oxidation sites excluding steroid dienone is 1. The van der Waals surface area contributed by atoms with Gasteiger partial charge in [0.05, 0.1) is 0 Å².